The Hall–Kier alpha value is -4.70. The maximum atomic E-state index is 13.2. The average Bonchev–Trinajstić information content (AvgIpc) is 3.30. The minimum Gasteiger partial charge on any atom is -0.494 e. The molecule has 0 saturated carbocycles. The summed E-state index contributed by atoms with van der Waals surface area (Å²) in [6.45, 7) is 7.74. The van der Waals surface area contributed by atoms with E-state index in [1.807, 2.05) is 73.8 Å². The highest BCUT2D eigenvalue weighted by Crippen LogP contribution is 2.31. The Kier molecular flexibility index (Phi) is 6.74. The van der Waals surface area contributed by atoms with Crippen LogP contribution in [0.3, 0.4) is 0 Å². The van der Waals surface area contributed by atoms with Crippen LogP contribution in [0.15, 0.2) is 90.2 Å². The standard InChI is InChI=1S/C28H24N4O3/c1-4-15-31-27(33)24(19(3)25(17-29)28(31)34)16-21-18-32(22-9-7-6-8-10-22)30-26(21)20-11-13-23(14-12-20)35-5-2/h4,6-14,16,18H,1,5,15H2,2-3H3/b24-16+. The summed E-state index contributed by atoms with van der Waals surface area (Å²) >= 11 is 0. The van der Waals surface area contributed by atoms with E-state index in [1.54, 1.807) is 17.7 Å². The number of hydrogen-bond acceptors (Lipinski definition) is 5. The molecule has 0 aliphatic carbocycles. The van der Waals surface area contributed by atoms with E-state index < -0.39 is 11.8 Å². The zero-order chi connectivity index (χ0) is 24.9. The van der Waals surface area contributed by atoms with Crippen LogP contribution in [-0.2, 0) is 9.59 Å². The van der Waals surface area contributed by atoms with Gasteiger partial charge in [0.25, 0.3) is 11.8 Å². The Bertz CT molecular complexity index is 1390. The summed E-state index contributed by atoms with van der Waals surface area (Å²) in [5.41, 5.74) is 3.56. The number of nitriles is 1. The Morgan fingerprint density at radius 1 is 1.09 bits per heavy atom. The molecule has 1 aliphatic heterocycles. The molecule has 0 radical (unpaired) electrons. The lowest BCUT2D eigenvalue weighted by molar-refractivity contribution is -0.139. The topological polar surface area (TPSA) is 88.2 Å². The summed E-state index contributed by atoms with van der Waals surface area (Å²) in [5, 5.41) is 14.4. The number of para-hydroxylation sites is 1. The number of carbonyl (C=O) groups is 2. The molecule has 2 heterocycles. The summed E-state index contributed by atoms with van der Waals surface area (Å²) < 4.78 is 7.29. The van der Waals surface area contributed by atoms with Crippen molar-refractivity contribution in [2.24, 2.45) is 0 Å². The van der Waals surface area contributed by atoms with Crippen LogP contribution in [0.5, 0.6) is 5.75 Å². The number of aromatic nitrogens is 2. The van der Waals surface area contributed by atoms with Crippen LogP contribution in [0.4, 0.5) is 0 Å². The van der Waals surface area contributed by atoms with Gasteiger partial charge in [-0.15, -0.1) is 6.58 Å². The quantitative estimate of drug-likeness (QED) is 0.287. The largest absolute Gasteiger partial charge is 0.494 e. The van der Waals surface area contributed by atoms with E-state index in [2.05, 4.69) is 6.58 Å². The SMILES string of the molecule is C=CCN1C(=O)C(C#N)=C(C)/C(=C\c2cn(-c3ccccc3)nc2-c2ccc(OCC)cc2)C1=O. The van der Waals surface area contributed by atoms with Crippen LogP contribution in [0.2, 0.25) is 0 Å². The fourth-order valence-corrected chi connectivity index (χ4v) is 3.89. The summed E-state index contributed by atoms with van der Waals surface area (Å²) in [7, 11) is 0. The van der Waals surface area contributed by atoms with Gasteiger partial charge >= 0.3 is 0 Å². The molecule has 1 aliphatic rings. The van der Waals surface area contributed by atoms with E-state index in [1.165, 1.54) is 6.08 Å². The fraction of sp³-hybridized carbons (Fsp3) is 0.143. The maximum absolute atomic E-state index is 13.2. The van der Waals surface area contributed by atoms with Crippen LogP contribution < -0.4 is 4.74 Å². The van der Waals surface area contributed by atoms with Gasteiger partial charge in [-0.1, -0.05) is 24.3 Å². The molecule has 0 fully saturated rings. The van der Waals surface area contributed by atoms with Crippen molar-refractivity contribution < 1.29 is 14.3 Å². The molecular formula is C28H24N4O3. The fourth-order valence-electron chi connectivity index (χ4n) is 3.89. The summed E-state index contributed by atoms with van der Waals surface area (Å²) in [6.07, 6.45) is 4.98. The molecule has 0 N–H and O–H groups in total. The molecule has 0 spiro atoms. The average molecular weight is 465 g/mol. The molecule has 7 heteroatoms. The highest BCUT2D eigenvalue weighted by atomic mass is 16.5. The van der Waals surface area contributed by atoms with Gasteiger partial charge in [-0.3, -0.25) is 14.5 Å². The smallest absolute Gasteiger partial charge is 0.271 e. The number of hydrogen-bond donors (Lipinski definition) is 0. The predicted octanol–water partition coefficient (Wildman–Crippen LogP) is 4.72. The van der Waals surface area contributed by atoms with Gasteiger partial charge < -0.3 is 4.74 Å². The Balaban J connectivity index is 1.89. The highest BCUT2D eigenvalue weighted by molar-refractivity contribution is 6.19. The van der Waals surface area contributed by atoms with E-state index >= 15 is 0 Å². The van der Waals surface area contributed by atoms with Crippen LogP contribution in [0.25, 0.3) is 23.0 Å². The first kappa shape index (κ1) is 23.5. The van der Waals surface area contributed by atoms with Crippen LogP contribution in [0.1, 0.15) is 19.4 Å². The molecule has 0 atom stereocenters. The normalized spacial score (nSPS) is 14.9. The molecule has 2 aromatic carbocycles. The van der Waals surface area contributed by atoms with Gasteiger partial charge in [0.1, 0.15) is 17.4 Å². The van der Waals surface area contributed by atoms with Crippen LogP contribution >= 0.6 is 0 Å². The van der Waals surface area contributed by atoms with Gasteiger partial charge in [-0.05, 0) is 61.9 Å². The molecule has 174 valence electrons. The second-order valence-corrected chi connectivity index (χ2v) is 7.85. The summed E-state index contributed by atoms with van der Waals surface area (Å²) in [6, 6.07) is 19.1. The first-order valence-electron chi connectivity index (χ1n) is 11.2. The number of imide groups is 1. The lowest BCUT2D eigenvalue weighted by Crippen LogP contribution is -2.42. The van der Waals surface area contributed by atoms with Crippen molar-refractivity contribution in [3.05, 3.63) is 95.7 Å². The lowest BCUT2D eigenvalue weighted by atomic mass is 9.93. The van der Waals surface area contributed by atoms with E-state index in [4.69, 9.17) is 9.84 Å². The second kappa shape index (κ2) is 10.1. The van der Waals surface area contributed by atoms with Gasteiger partial charge in [-0.2, -0.15) is 10.4 Å². The third-order valence-corrected chi connectivity index (χ3v) is 5.64. The highest BCUT2D eigenvalue weighted by Gasteiger charge is 2.35. The zero-order valence-electron chi connectivity index (χ0n) is 19.6. The van der Waals surface area contributed by atoms with Gasteiger partial charge in [0, 0.05) is 29.4 Å². The molecular weight excluding hydrogens is 440 g/mol. The minimum absolute atomic E-state index is 0.0164. The van der Waals surface area contributed by atoms with Gasteiger partial charge in [0.15, 0.2) is 0 Å². The maximum Gasteiger partial charge on any atom is 0.271 e. The first-order valence-corrected chi connectivity index (χ1v) is 11.2. The molecule has 7 nitrogen and oxygen atoms in total. The van der Waals surface area contributed by atoms with Crippen molar-refractivity contribution in [3.8, 4) is 28.8 Å². The first-order chi connectivity index (χ1) is 17.0. The molecule has 0 unspecified atom stereocenters. The van der Waals surface area contributed by atoms with Crippen LogP contribution in [-0.4, -0.2) is 39.6 Å². The Morgan fingerprint density at radius 2 is 1.80 bits per heavy atom. The van der Waals surface area contributed by atoms with Crippen molar-refractivity contribution in [3.63, 3.8) is 0 Å². The van der Waals surface area contributed by atoms with Crippen molar-refractivity contribution in [1.29, 1.82) is 5.26 Å². The second-order valence-electron chi connectivity index (χ2n) is 7.85. The Labute approximate surface area is 203 Å². The van der Waals surface area contributed by atoms with Crippen molar-refractivity contribution in [1.82, 2.24) is 14.7 Å². The number of carbonyl (C=O) groups excluding carboxylic acids is 2. The van der Waals surface area contributed by atoms with Gasteiger partial charge in [-0.25, -0.2) is 4.68 Å². The number of benzene rings is 2. The molecule has 0 bridgehead atoms. The lowest BCUT2D eigenvalue weighted by Gasteiger charge is -2.26. The molecule has 2 amide bonds. The third-order valence-electron chi connectivity index (χ3n) is 5.64. The zero-order valence-corrected chi connectivity index (χ0v) is 19.6. The van der Waals surface area contributed by atoms with Gasteiger partial charge in [0.2, 0.25) is 0 Å². The van der Waals surface area contributed by atoms with Gasteiger partial charge in [0.05, 0.1) is 18.0 Å². The number of ether oxygens (including phenoxy) is 1. The van der Waals surface area contributed by atoms with Crippen LogP contribution in [0, 0.1) is 11.3 Å². The predicted molar refractivity (Wildman–Crippen MR) is 133 cm³/mol. The monoisotopic (exact) mass is 464 g/mol. The minimum atomic E-state index is -0.612. The summed E-state index contributed by atoms with van der Waals surface area (Å²) in [4.78, 5) is 26.9. The molecule has 35 heavy (non-hydrogen) atoms. The van der Waals surface area contributed by atoms with E-state index in [-0.39, 0.29) is 17.7 Å². The number of nitrogens with zero attached hydrogens (tertiary/aromatic N) is 4. The third kappa shape index (κ3) is 4.55. The summed E-state index contributed by atoms with van der Waals surface area (Å²) in [5.74, 6) is -0.340. The van der Waals surface area contributed by atoms with Crippen molar-refractivity contribution in [2.75, 3.05) is 13.2 Å². The molecule has 1 aromatic heterocycles. The van der Waals surface area contributed by atoms with Crippen molar-refractivity contribution in [2.45, 2.75) is 13.8 Å². The molecule has 0 saturated heterocycles. The number of amides is 2. The Morgan fingerprint density at radius 3 is 2.43 bits per heavy atom. The van der Waals surface area contributed by atoms with Crippen molar-refractivity contribution >= 4 is 17.9 Å². The molecule has 4 rings (SSSR count). The van der Waals surface area contributed by atoms with E-state index in [0.717, 1.165) is 21.9 Å². The van der Waals surface area contributed by atoms with E-state index in [9.17, 15) is 14.9 Å². The number of rotatable bonds is 7. The molecule has 3 aromatic rings. The van der Waals surface area contributed by atoms with E-state index in [0.29, 0.717) is 23.4 Å².